The number of carbonyl (C=O) groups excluding carboxylic acids is 1. The van der Waals surface area contributed by atoms with Gasteiger partial charge in [0, 0.05) is 17.9 Å². The zero-order valence-corrected chi connectivity index (χ0v) is 9.60. The van der Waals surface area contributed by atoms with Crippen LogP contribution < -0.4 is 10.9 Å². The summed E-state index contributed by atoms with van der Waals surface area (Å²) in [4.78, 5) is 11.1. The molecule has 0 aliphatic carbocycles. The minimum absolute atomic E-state index is 0.00965. The summed E-state index contributed by atoms with van der Waals surface area (Å²) < 4.78 is 1.06. The molecular weight excluding hydrogens is 244 g/mol. The highest BCUT2D eigenvalue weighted by Gasteiger charge is 2.00. The molecule has 14 heavy (non-hydrogen) atoms. The Morgan fingerprint density at radius 2 is 2.00 bits per heavy atom. The van der Waals surface area contributed by atoms with Crippen LogP contribution in [0.2, 0.25) is 0 Å². The van der Waals surface area contributed by atoms with Crippen LogP contribution in [-0.4, -0.2) is 13.0 Å². The number of aryl methyl sites for hydroxylation is 1. The third-order valence-electron chi connectivity index (χ3n) is 1.82. The predicted octanol–water partition coefficient (Wildman–Crippen LogP) is 1.63. The number of halogens is 1. The second-order valence-electron chi connectivity index (χ2n) is 2.92. The number of nitrogens with one attached hydrogen (secondary N) is 2. The highest BCUT2D eigenvalue weighted by Crippen LogP contribution is 2.11. The monoisotopic (exact) mass is 256 g/mol. The maximum atomic E-state index is 11.1. The molecule has 1 amide bonds. The van der Waals surface area contributed by atoms with Gasteiger partial charge in [-0.1, -0.05) is 28.1 Å². The fourth-order valence-electron chi connectivity index (χ4n) is 1.11. The van der Waals surface area contributed by atoms with Gasteiger partial charge in [0.2, 0.25) is 5.91 Å². The zero-order chi connectivity index (χ0) is 10.4. The lowest BCUT2D eigenvalue weighted by Gasteiger charge is -2.02. The molecule has 0 aliphatic heterocycles. The van der Waals surface area contributed by atoms with Gasteiger partial charge in [-0.25, -0.2) is 5.43 Å². The molecule has 1 aromatic carbocycles. The minimum atomic E-state index is 0.00965. The maximum absolute atomic E-state index is 11.1. The van der Waals surface area contributed by atoms with Crippen molar-refractivity contribution in [2.24, 2.45) is 0 Å². The fourth-order valence-corrected chi connectivity index (χ4v) is 1.38. The predicted molar refractivity (Wildman–Crippen MR) is 59.7 cm³/mol. The lowest BCUT2D eigenvalue weighted by molar-refractivity contribution is -0.121. The molecule has 4 heteroatoms. The Morgan fingerprint density at radius 1 is 1.36 bits per heavy atom. The molecule has 0 spiro atoms. The Labute approximate surface area is 92.0 Å². The molecule has 76 valence electrons. The molecule has 3 nitrogen and oxygen atoms in total. The van der Waals surface area contributed by atoms with Crippen molar-refractivity contribution in [2.75, 3.05) is 7.05 Å². The van der Waals surface area contributed by atoms with Crippen LogP contribution in [0.25, 0.3) is 0 Å². The van der Waals surface area contributed by atoms with Gasteiger partial charge in [0.25, 0.3) is 0 Å². The van der Waals surface area contributed by atoms with Crippen LogP contribution in [0.1, 0.15) is 12.0 Å². The molecule has 0 saturated heterocycles. The van der Waals surface area contributed by atoms with Gasteiger partial charge in [0.05, 0.1) is 0 Å². The number of benzene rings is 1. The fraction of sp³-hybridized carbons (Fsp3) is 0.300. The molecule has 0 bridgehead atoms. The van der Waals surface area contributed by atoms with Crippen LogP contribution in [0.5, 0.6) is 0 Å². The number of hydrogen-bond acceptors (Lipinski definition) is 2. The van der Waals surface area contributed by atoms with Crippen molar-refractivity contribution in [3.8, 4) is 0 Å². The summed E-state index contributed by atoms with van der Waals surface area (Å²) in [5.74, 6) is 0.00965. The lowest BCUT2D eigenvalue weighted by Crippen LogP contribution is -2.34. The van der Waals surface area contributed by atoms with Gasteiger partial charge < -0.3 is 0 Å². The minimum Gasteiger partial charge on any atom is -0.292 e. The molecule has 1 aromatic rings. The summed E-state index contributed by atoms with van der Waals surface area (Å²) >= 11 is 3.36. The first-order valence-electron chi connectivity index (χ1n) is 4.42. The van der Waals surface area contributed by atoms with Gasteiger partial charge >= 0.3 is 0 Å². The summed E-state index contributed by atoms with van der Waals surface area (Å²) in [6, 6.07) is 7.98. The summed E-state index contributed by atoms with van der Waals surface area (Å²) in [6.45, 7) is 0. The number of hydrazine groups is 1. The van der Waals surface area contributed by atoms with E-state index in [2.05, 4.69) is 26.8 Å². The van der Waals surface area contributed by atoms with E-state index in [0.717, 1.165) is 10.9 Å². The Morgan fingerprint density at radius 3 is 2.57 bits per heavy atom. The van der Waals surface area contributed by atoms with Gasteiger partial charge in [-0.05, 0) is 24.1 Å². The molecule has 0 heterocycles. The van der Waals surface area contributed by atoms with E-state index in [9.17, 15) is 4.79 Å². The molecule has 2 N–H and O–H groups in total. The van der Waals surface area contributed by atoms with E-state index in [4.69, 9.17) is 0 Å². The van der Waals surface area contributed by atoms with Crippen molar-refractivity contribution in [3.05, 3.63) is 34.3 Å². The molecule has 0 fully saturated rings. The van der Waals surface area contributed by atoms with Gasteiger partial charge in [-0.15, -0.1) is 0 Å². The van der Waals surface area contributed by atoms with Crippen LogP contribution in [-0.2, 0) is 11.2 Å². The molecule has 0 atom stereocenters. The largest absolute Gasteiger partial charge is 0.292 e. The van der Waals surface area contributed by atoms with E-state index in [-0.39, 0.29) is 5.91 Å². The lowest BCUT2D eigenvalue weighted by atomic mass is 10.1. The van der Waals surface area contributed by atoms with E-state index in [0.29, 0.717) is 6.42 Å². The second-order valence-corrected chi connectivity index (χ2v) is 3.84. The Bertz CT molecular complexity index is 297. The summed E-state index contributed by atoms with van der Waals surface area (Å²) in [6.07, 6.45) is 1.27. The van der Waals surface area contributed by atoms with E-state index in [1.54, 1.807) is 7.05 Å². The topological polar surface area (TPSA) is 41.1 Å². The Balaban J connectivity index is 2.38. The average Bonchev–Trinajstić information content (AvgIpc) is 2.17. The van der Waals surface area contributed by atoms with E-state index in [1.807, 2.05) is 24.3 Å². The standard InChI is InChI=1S/C10H13BrN2O/c1-12-13-10(14)7-4-8-2-5-9(11)6-3-8/h2-3,5-6,12H,4,7H2,1H3,(H,13,14). The van der Waals surface area contributed by atoms with Crippen molar-refractivity contribution in [2.45, 2.75) is 12.8 Å². The molecule has 0 aromatic heterocycles. The van der Waals surface area contributed by atoms with Gasteiger partial charge in [-0.3, -0.25) is 10.2 Å². The maximum Gasteiger partial charge on any atom is 0.234 e. The number of carbonyl (C=O) groups is 1. The number of hydrogen-bond donors (Lipinski definition) is 2. The smallest absolute Gasteiger partial charge is 0.234 e. The second kappa shape index (κ2) is 5.78. The first-order valence-corrected chi connectivity index (χ1v) is 5.21. The van der Waals surface area contributed by atoms with E-state index >= 15 is 0 Å². The highest BCUT2D eigenvalue weighted by atomic mass is 79.9. The van der Waals surface area contributed by atoms with Crippen LogP contribution in [0, 0.1) is 0 Å². The third kappa shape index (κ3) is 3.89. The van der Waals surface area contributed by atoms with Crippen LogP contribution in [0.3, 0.4) is 0 Å². The Hall–Kier alpha value is -0.870. The summed E-state index contributed by atoms with van der Waals surface area (Å²) in [5.41, 5.74) is 6.30. The molecule has 0 unspecified atom stereocenters. The first kappa shape index (κ1) is 11.2. The average molecular weight is 257 g/mol. The molecule has 0 radical (unpaired) electrons. The zero-order valence-electron chi connectivity index (χ0n) is 8.01. The van der Waals surface area contributed by atoms with Crippen molar-refractivity contribution in [3.63, 3.8) is 0 Å². The van der Waals surface area contributed by atoms with Gasteiger partial charge in [0.1, 0.15) is 0 Å². The summed E-state index contributed by atoms with van der Waals surface area (Å²) in [7, 11) is 1.68. The Kier molecular flexibility index (Phi) is 4.62. The van der Waals surface area contributed by atoms with E-state index in [1.165, 1.54) is 5.56 Å². The highest BCUT2D eigenvalue weighted by molar-refractivity contribution is 9.10. The molecule has 0 aliphatic rings. The van der Waals surface area contributed by atoms with Crippen molar-refractivity contribution in [1.82, 2.24) is 10.9 Å². The molecule has 1 rings (SSSR count). The van der Waals surface area contributed by atoms with Crippen molar-refractivity contribution in [1.29, 1.82) is 0 Å². The first-order chi connectivity index (χ1) is 6.72. The summed E-state index contributed by atoms with van der Waals surface area (Å²) in [5, 5.41) is 0. The quantitative estimate of drug-likeness (QED) is 0.805. The molecule has 0 saturated carbocycles. The van der Waals surface area contributed by atoms with Gasteiger partial charge in [-0.2, -0.15) is 0 Å². The van der Waals surface area contributed by atoms with Crippen molar-refractivity contribution >= 4 is 21.8 Å². The SMILES string of the molecule is CNNC(=O)CCc1ccc(Br)cc1. The van der Waals surface area contributed by atoms with Gasteiger partial charge in [0.15, 0.2) is 0 Å². The number of amides is 1. The number of rotatable bonds is 4. The molecular formula is C10H13BrN2O. The van der Waals surface area contributed by atoms with E-state index < -0.39 is 0 Å². The van der Waals surface area contributed by atoms with Crippen LogP contribution >= 0.6 is 15.9 Å². The third-order valence-corrected chi connectivity index (χ3v) is 2.35. The normalized spacial score (nSPS) is 9.86. The van der Waals surface area contributed by atoms with Crippen molar-refractivity contribution < 1.29 is 4.79 Å². The van der Waals surface area contributed by atoms with Crippen LogP contribution in [0.15, 0.2) is 28.7 Å². The van der Waals surface area contributed by atoms with Crippen LogP contribution in [0.4, 0.5) is 0 Å².